The van der Waals surface area contributed by atoms with Crippen molar-refractivity contribution in [1.82, 2.24) is 0 Å². The largest absolute Gasteiger partial charge is 0.398 e. The van der Waals surface area contributed by atoms with Crippen LogP contribution in [0.3, 0.4) is 0 Å². The summed E-state index contributed by atoms with van der Waals surface area (Å²) in [5, 5.41) is 6.58. The van der Waals surface area contributed by atoms with Crippen LogP contribution in [0.1, 0.15) is 10.4 Å². The summed E-state index contributed by atoms with van der Waals surface area (Å²) in [4.78, 5) is 1.10. The number of hydrogen-bond acceptors (Lipinski definition) is 3. The van der Waals surface area contributed by atoms with Crippen molar-refractivity contribution in [2.75, 3.05) is 11.1 Å². The summed E-state index contributed by atoms with van der Waals surface area (Å²) in [6.45, 7) is 2.58. The number of nitrogens with two attached hydrogens (primary N) is 1. The molecule has 0 radical (unpaired) electrons. The van der Waals surface area contributed by atoms with E-state index in [9.17, 15) is 0 Å². The molecule has 90 valence electrons. The molecule has 0 atom stereocenters. The molecule has 2 nitrogen and oxygen atoms in total. The van der Waals surface area contributed by atoms with Gasteiger partial charge in [0.25, 0.3) is 0 Å². The summed E-state index contributed by atoms with van der Waals surface area (Å²) in [6, 6.07) is 5.58. The van der Waals surface area contributed by atoms with Crippen molar-refractivity contribution in [3.8, 4) is 0 Å². The van der Waals surface area contributed by atoms with Crippen molar-refractivity contribution in [3.05, 3.63) is 44.1 Å². The van der Waals surface area contributed by atoms with Crippen LogP contribution in [0.4, 0.5) is 11.4 Å². The molecule has 0 aliphatic carbocycles. The Hall–Kier alpha value is -0.900. The second-order valence-corrected chi connectivity index (χ2v) is 5.55. The quantitative estimate of drug-likeness (QED) is 0.868. The zero-order valence-corrected chi connectivity index (χ0v) is 11.6. The molecule has 5 heteroatoms. The highest BCUT2D eigenvalue weighted by atomic mass is 35.5. The third-order valence-corrected chi connectivity index (χ3v) is 4.12. The molecule has 1 aromatic carbocycles. The Kier molecular flexibility index (Phi) is 3.82. The highest BCUT2D eigenvalue weighted by Gasteiger charge is 2.06. The maximum atomic E-state index is 6.13. The molecule has 1 heterocycles. The van der Waals surface area contributed by atoms with Crippen molar-refractivity contribution >= 4 is 45.9 Å². The minimum atomic E-state index is 0.655. The topological polar surface area (TPSA) is 38.0 Å². The fourth-order valence-corrected chi connectivity index (χ4v) is 2.64. The predicted molar refractivity (Wildman–Crippen MR) is 77.3 cm³/mol. The Bertz CT molecular complexity index is 537. The van der Waals surface area contributed by atoms with Gasteiger partial charge in [-0.15, -0.1) is 11.3 Å². The summed E-state index contributed by atoms with van der Waals surface area (Å²) in [6.07, 6.45) is 0. The van der Waals surface area contributed by atoms with E-state index in [-0.39, 0.29) is 0 Å². The van der Waals surface area contributed by atoms with Gasteiger partial charge in [0.15, 0.2) is 0 Å². The van der Waals surface area contributed by atoms with Gasteiger partial charge < -0.3 is 11.1 Å². The molecular formula is C12H12Cl2N2S. The molecule has 1 aromatic heterocycles. The van der Waals surface area contributed by atoms with Gasteiger partial charge in [0.2, 0.25) is 0 Å². The molecule has 3 N–H and O–H groups in total. The fourth-order valence-electron chi connectivity index (χ4n) is 1.45. The average molecular weight is 287 g/mol. The third-order valence-electron chi connectivity index (χ3n) is 2.47. The van der Waals surface area contributed by atoms with Gasteiger partial charge in [0.05, 0.1) is 17.3 Å². The first-order chi connectivity index (χ1) is 8.08. The number of anilines is 2. The summed E-state index contributed by atoms with van der Waals surface area (Å²) in [5.74, 6) is 0. The molecule has 0 aliphatic heterocycles. The zero-order valence-electron chi connectivity index (χ0n) is 9.26. The average Bonchev–Trinajstić information content (AvgIpc) is 2.68. The van der Waals surface area contributed by atoms with E-state index in [1.807, 2.05) is 30.5 Å². The van der Waals surface area contributed by atoms with Crippen molar-refractivity contribution in [2.45, 2.75) is 13.5 Å². The van der Waals surface area contributed by atoms with Crippen molar-refractivity contribution < 1.29 is 0 Å². The Morgan fingerprint density at radius 2 is 2.06 bits per heavy atom. The number of nitrogen functional groups attached to an aromatic ring is 1. The number of thiophene rings is 1. The molecule has 2 rings (SSSR count). The minimum Gasteiger partial charge on any atom is -0.398 e. The molecule has 2 aromatic rings. The number of nitrogens with one attached hydrogen (secondary N) is 1. The van der Waals surface area contributed by atoms with E-state index >= 15 is 0 Å². The van der Waals surface area contributed by atoms with Gasteiger partial charge in [-0.2, -0.15) is 0 Å². The van der Waals surface area contributed by atoms with Crippen LogP contribution in [0.15, 0.2) is 23.6 Å². The lowest BCUT2D eigenvalue weighted by Gasteiger charge is -2.10. The number of benzene rings is 1. The van der Waals surface area contributed by atoms with Gasteiger partial charge in [-0.3, -0.25) is 0 Å². The van der Waals surface area contributed by atoms with Gasteiger partial charge in [-0.05, 0) is 36.1 Å². The Morgan fingerprint density at radius 3 is 2.71 bits per heavy atom. The van der Waals surface area contributed by atoms with E-state index in [0.29, 0.717) is 16.6 Å². The molecule has 0 aliphatic rings. The van der Waals surface area contributed by atoms with E-state index in [0.717, 1.165) is 21.8 Å². The number of rotatable bonds is 3. The monoisotopic (exact) mass is 286 g/mol. The van der Waals surface area contributed by atoms with E-state index in [4.69, 9.17) is 28.9 Å². The van der Waals surface area contributed by atoms with Crippen LogP contribution in [0.5, 0.6) is 0 Å². The van der Waals surface area contributed by atoms with E-state index in [1.165, 1.54) is 0 Å². The SMILES string of the molecule is Cc1cc(Cl)c(NCc2sccc2N)cc1Cl. The fraction of sp³-hybridized carbons (Fsp3) is 0.167. The van der Waals surface area contributed by atoms with Crippen LogP contribution in [0.2, 0.25) is 10.0 Å². The number of halogens is 2. The number of hydrogen-bond donors (Lipinski definition) is 2. The van der Waals surface area contributed by atoms with Crippen LogP contribution in [-0.4, -0.2) is 0 Å². The first-order valence-corrected chi connectivity index (χ1v) is 6.73. The Balaban J connectivity index is 2.14. The summed E-state index contributed by atoms with van der Waals surface area (Å²) in [5.41, 5.74) is 8.41. The molecule has 0 saturated carbocycles. The van der Waals surface area contributed by atoms with Crippen LogP contribution in [-0.2, 0) is 6.54 Å². The van der Waals surface area contributed by atoms with Crippen LogP contribution in [0.25, 0.3) is 0 Å². The lowest BCUT2D eigenvalue weighted by Crippen LogP contribution is -2.00. The standard InChI is InChI=1S/C12H12Cl2N2S/c1-7-4-9(14)11(5-8(7)13)16-6-12-10(15)2-3-17-12/h2-5,16H,6,15H2,1H3. The Labute approximate surface area is 114 Å². The highest BCUT2D eigenvalue weighted by Crippen LogP contribution is 2.30. The van der Waals surface area contributed by atoms with E-state index in [1.54, 1.807) is 11.3 Å². The van der Waals surface area contributed by atoms with Crippen LogP contribution < -0.4 is 11.1 Å². The van der Waals surface area contributed by atoms with Gasteiger partial charge in [-0.1, -0.05) is 23.2 Å². The normalized spacial score (nSPS) is 10.5. The second kappa shape index (κ2) is 5.17. The summed E-state index contributed by atoms with van der Waals surface area (Å²) in [7, 11) is 0. The third kappa shape index (κ3) is 2.86. The molecule has 0 unspecified atom stereocenters. The lowest BCUT2D eigenvalue weighted by molar-refractivity contribution is 1.19. The van der Waals surface area contributed by atoms with Crippen molar-refractivity contribution in [3.63, 3.8) is 0 Å². The van der Waals surface area contributed by atoms with Crippen LogP contribution in [0, 0.1) is 6.92 Å². The second-order valence-electron chi connectivity index (χ2n) is 3.73. The molecule has 0 bridgehead atoms. The molecule has 0 fully saturated rings. The molecular weight excluding hydrogens is 275 g/mol. The Morgan fingerprint density at radius 1 is 1.29 bits per heavy atom. The molecule has 17 heavy (non-hydrogen) atoms. The van der Waals surface area contributed by atoms with Gasteiger partial charge in [0, 0.05) is 15.6 Å². The summed E-state index contributed by atoms with van der Waals surface area (Å²) >= 11 is 13.8. The maximum absolute atomic E-state index is 6.13. The van der Waals surface area contributed by atoms with E-state index in [2.05, 4.69) is 5.32 Å². The maximum Gasteiger partial charge on any atom is 0.0641 e. The molecule has 0 spiro atoms. The first-order valence-electron chi connectivity index (χ1n) is 5.09. The van der Waals surface area contributed by atoms with E-state index < -0.39 is 0 Å². The van der Waals surface area contributed by atoms with Gasteiger partial charge in [0.1, 0.15) is 0 Å². The molecule has 0 saturated heterocycles. The van der Waals surface area contributed by atoms with Gasteiger partial charge >= 0.3 is 0 Å². The lowest BCUT2D eigenvalue weighted by atomic mass is 10.2. The highest BCUT2D eigenvalue weighted by molar-refractivity contribution is 7.10. The predicted octanol–water partition coefficient (Wildman–Crippen LogP) is 4.56. The summed E-state index contributed by atoms with van der Waals surface area (Å²) < 4.78 is 0. The van der Waals surface area contributed by atoms with Crippen molar-refractivity contribution in [1.29, 1.82) is 0 Å². The number of aryl methyl sites for hydroxylation is 1. The smallest absolute Gasteiger partial charge is 0.0641 e. The zero-order chi connectivity index (χ0) is 12.4. The van der Waals surface area contributed by atoms with Gasteiger partial charge in [-0.25, -0.2) is 0 Å². The van der Waals surface area contributed by atoms with Crippen LogP contribution >= 0.6 is 34.5 Å². The molecule has 0 amide bonds. The van der Waals surface area contributed by atoms with Crippen molar-refractivity contribution in [2.24, 2.45) is 0 Å². The first kappa shape index (κ1) is 12.6. The minimum absolute atomic E-state index is 0.655.